The van der Waals surface area contributed by atoms with E-state index in [9.17, 15) is 9.90 Å². The highest BCUT2D eigenvalue weighted by Gasteiger charge is 2.33. The molecular weight excluding hydrogens is 366 g/mol. The summed E-state index contributed by atoms with van der Waals surface area (Å²) in [6.07, 6.45) is 2.84. The molecular formula is C18H21N5O3S. The van der Waals surface area contributed by atoms with E-state index in [1.807, 2.05) is 24.3 Å². The van der Waals surface area contributed by atoms with Gasteiger partial charge < -0.3 is 15.6 Å². The van der Waals surface area contributed by atoms with Gasteiger partial charge in [-0.25, -0.2) is 4.98 Å². The number of fused-ring (bicyclic) bond motifs is 1. The fourth-order valence-corrected chi connectivity index (χ4v) is 4.75. The predicted octanol–water partition coefficient (Wildman–Crippen LogP) is 1.79. The molecule has 1 aliphatic rings. The molecule has 0 bridgehead atoms. The van der Waals surface area contributed by atoms with Crippen LogP contribution in [0.1, 0.15) is 29.3 Å². The van der Waals surface area contributed by atoms with Gasteiger partial charge in [-0.2, -0.15) is 9.61 Å². The molecule has 1 unspecified atom stereocenters. The van der Waals surface area contributed by atoms with Crippen molar-refractivity contribution in [2.75, 3.05) is 20.2 Å². The predicted molar refractivity (Wildman–Crippen MR) is 101 cm³/mol. The minimum atomic E-state index is -0.241. The van der Waals surface area contributed by atoms with Crippen molar-refractivity contribution in [2.24, 2.45) is 11.7 Å². The second-order valence-corrected chi connectivity index (χ2v) is 7.65. The van der Waals surface area contributed by atoms with Gasteiger partial charge >= 0.3 is 0 Å². The van der Waals surface area contributed by atoms with Gasteiger partial charge in [-0.15, -0.1) is 0 Å². The van der Waals surface area contributed by atoms with E-state index in [1.54, 1.807) is 7.11 Å². The second-order valence-electron chi connectivity index (χ2n) is 6.64. The Bertz CT molecular complexity index is 961. The fourth-order valence-electron chi connectivity index (χ4n) is 3.65. The maximum atomic E-state index is 11.5. The van der Waals surface area contributed by atoms with Gasteiger partial charge in [-0.05, 0) is 43.6 Å². The van der Waals surface area contributed by atoms with Gasteiger partial charge in [-0.1, -0.05) is 23.5 Å². The number of amides is 1. The molecule has 0 aliphatic carbocycles. The van der Waals surface area contributed by atoms with Crippen LogP contribution in [-0.2, 0) is 4.79 Å². The SMILES string of the molecule is COc1cccc(C(c2sc3ncnn3c2O)N2CCC(C(N)=O)CC2)c1. The summed E-state index contributed by atoms with van der Waals surface area (Å²) in [7, 11) is 1.63. The number of carbonyl (C=O) groups excluding carboxylic acids is 1. The average molecular weight is 387 g/mol. The Kier molecular flexibility index (Phi) is 4.71. The van der Waals surface area contributed by atoms with Crippen molar-refractivity contribution >= 4 is 22.2 Å². The molecule has 1 aromatic carbocycles. The summed E-state index contributed by atoms with van der Waals surface area (Å²) in [6.45, 7) is 1.42. The topological polar surface area (TPSA) is 106 Å². The van der Waals surface area contributed by atoms with Crippen molar-refractivity contribution in [1.29, 1.82) is 0 Å². The van der Waals surface area contributed by atoms with Crippen LogP contribution in [-0.4, -0.2) is 50.7 Å². The van der Waals surface area contributed by atoms with Crippen molar-refractivity contribution in [3.8, 4) is 11.6 Å². The summed E-state index contributed by atoms with van der Waals surface area (Å²) in [4.78, 5) is 19.4. The summed E-state index contributed by atoms with van der Waals surface area (Å²) in [5.74, 6) is 0.512. The Morgan fingerprint density at radius 2 is 2.19 bits per heavy atom. The van der Waals surface area contributed by atoms with Gasteiger partial charge in [0.1, 0.15) is 12.1 Å². The number of hydrogen-bond donors (Lipinski definition) is 2. The minimum absolute atomic E-state index is 0.0943. The van der Waals surface area contributed by atoms with E-state index in [0.29, 0.717) is 30.9 Å². The molecule has 3 heterocycles. The fraction of sp³-hybridized carbons (Fsp3) is 0.389. The number of hydrogen-bond acceptors (Lipinski definition) is 7. The number of likely N-dealkylation sites (tertiary alicyclic amines) is 1. The number of ether oxygens (including phenoxy) is 1. The molecule has 9 heteroatoms. The van der Waals surface area contributed by atoms with Gasteiger partial charge in [-0.3, -0.25) is 9.69 Å². The molecule has 0 saturated carbocycles. The normalized spacial score (nSPS) is 17.2. The summed E-state index contributed by atoms with van der Waals surface area (Å²) in [5, 5.41) is 14.8. The number of aromatic hydroxyl groups is 1. The summed E-state index contributed by atoms with van der Waals surface area (Å²) in [5.41, 5.74) is 6.48. The van der Waals surface area contributed by atoms with Crippen molar-refractivity contribution in [1.82, 2.24) is 19.5 Å². The van der Waals surface area contributed by atoms with Crippen LogP contribution in [0.15, 0.2) is 30.6 Å². The van der Waals surface area contributed by atoms with Gasteiger partial charge in [0.15, 0.2) is 0 Å². The monoisotopic (exact) mass is 387 g/mol. The Morgan fingerprint density at radius 1 is 1.41 bits per heavy atom. The van der Waals surface area contributed by atoms with Crippen LogP contribution in [0.2, 0.25) is 0 Å². The molecule has 1 saturated heterocycles. The molecule has 8 nitrogen and oxygen atoms in total. The lowest BCUT2D eigenvalue weighted by Crippen LogP contribution is -2.40. The number of primary amides is 1. The molecule has 1 fully saturated rings. The van der Waals surface area contributed by atoms with E-state index in [0.717, 1.165) is 16.2 Å². The zero-order valence-corrected chi connectivity index (χ0v) is 15.7. The zero-order valence-electron chi connectivity index (χ0n) is 14.9. The van der Waals surface area contributed by atoms with Crippen LogP contribution in [0.3, 0.4) is 0 Å². The van der Waals surface area contributed by atoms with Crippen molar-refractivity contribution in [2.45, 2.75) is 18.9 Å². The van der Waals surface area contributed by atoms with Crippen LogP contribution < -0.4 is 10.5 Å². The highest BCUT2D eigenvalue weighted by atomic mass is 32.1. The molecule has 3 N–H and O–H groups in total. The molecule has 142 valence electrons. The number of benzene rings is 1. The van der Waals surface area contributed by atoms with Crippen molar-refractivity contribution in [3.05, 3.63) is 41.0 Å². The molecule has 3 aromatic rings. The maximum Gasteiger partial charge on any atom is 0.230 e. The third kappa shape index (κ3) is 3.24. The maximum absolute atomic E-state index is 11.5. The first kappa shape index (κ1) is 17.7. The Hall–Kier alpha value is -2.65. The molecule has 0 radical (unpaired) electrons. The lowest BCUT2D eigenvalue weighted by molar-refractivity contribution is -0.123. The van der Waals surface area contributed by atoms with Gasteiger partial charge in [0.05, 0.1) is 18.0 Å². The standard InChI is InChI=1S/C18H21N5O3S/c1-26-13-4-2-3-12(9-13)14(22-7-5-11(6-8-22)16(19)24)15-17(25)23-18(27-15)20-10-21-23/h2-4,9-11,14,25H,5-8H2,1H3,(H2,19,24). The van der Waals surface area contributed by atoms with E-state index in [1.165, 1.54) is 22.2 Å². The molecule has 0 spiro atoms. The first-order chi connectivity index (χ1) is 13.1. The molecule has 1 amide bonds. The Morgan fingerprint density at radius 3 is 2.85 bits per heavy atom. The van der Waals surface area contributed by atoms with E-state index in [-0.39, 0.29) is 23.7 Å². The number of carbonyl (C=O) groups is 1. The van der Waals surface area contributed by atoms with Crippen LogP contribution in [0, 0.1) is 5.92 Å². The van der Waals surface area contributed by atoms with Gasteiger partial charge in [0.2, 0.25) is 16.7 Å². The van der Waals surface area contributed by atoms with Crippen LogP contribution in [0.5, 0.6) is 11.6 Å². The lowest BCUT2D eigenvalue weighted by atomic mass is 9.93. The average Bonchev–Trinajstić information content (AvgIpc) is 3.26. The first-order valence-electron chi connectivity index (χ1n) is 8.77. The largest absolute Gasteiger partial charge is 0.497 e. The number of rotatable bonds is 5. The van der Waals surface area contributed by atoms with Crippen LogP contribution in [0.4, 0.5) is 0 Å². The van der Waals surface area contributed by atoms with E-state index in [4.69, 9.17) is 10.5 Å². The summed E-state index contributed by atoms with van der Waals surface area (Å²) in [6, 6.07) is 7.64. The lowest BCUT2D eigenvalue weighted by Gasteiger charge is -2.36. The highest BCUT2D eigenvalue weighted by molar-refractivity contribution is 7.17. The van der Waals surface area contributed by atoms with E-state index in [2.05, 4.69) is 15.0 Å². The van der Waals surface area contributed by atoms with E-state index >= 15 is 0 Å². The summed E-state index contributed by atoms with van der Waals surface area (Å²) >= 11 is 1.41. The Balaban J connectivity index is 1.74. The number of aromatic nitrogens is 3. The first-order valence-corrected chi connectivity index (χ1v) is 9.59. The molecule has 1 atom stereocenters. The summed E-state index contributed by atoms with van der Waals surface area (Å²) < 4.78 is 6.83. The number of piperidine rings is 1. The number of methoxy groups -OCH3 is 1. The van der Waals surface area contributed by atoms with Gasteiger partial charge in [0.25, 0.3) is 0 Å². The van der Waals surface area contributed by atoms with Crippen LogP contribution in [0.25, 0.3) is 4.96 Å². The quantitative estimate of drug-likeness (QED) is 0.691. The number of nitrogens with zero attached hydrogens (tertiary/aromatic N) is 4. The minimum Gasteiger partial charge on any atom is -0.497 e. The van der Waals surface area contributed by atoms with Crippen LogP contribution >= 0.6 is 11.3 Å². The number of thiazole rings is 1. The third-order valence-electron chi connectivity index (χ3n) is 5.09. The van der Waals surface area contributed by atoms with E-state index < -0.39 is 0 Å². The zero-order chi connectivity index (χ0) is 19.0. The molecule has 1 aliphatic heterocycles. The molecule has 27 heavy (non-hydrogen) atoms. The smallest absolute Gasteiger partial charge is 0.230 e. The highest BCUT2D eigenvalue weighted by Crippen LogP contribution is 2.41. The van der Waals surface area contributed by atoms with Crippen molar-refractivity contribution < 1.29 is 14.6 Å². The second kappa shape index (κ2) is 7.16. The van der Waals surface area contributed by atoms with Gasteiger partial charge in [0, 0.05) is 5.92 Å². The molecule has 4 rings (SSSR count). The molecule has 2 aromatic heterocycles. The Labute approximate surface area is 160 Å². The van der Waals surface area contributed by atoms with Crippen molar-refractivity contribution in [3.63, 3.8) is 0 Å². The number of nitrogens with two attached hydrogens (primary N) is 1. The third-order valence-corrected chi connectivity index (χ3v) is 6.18.